The van der Waals surface area contributed by atoms with Crippen molar-refractivity contribution in [1.29, 1.82) is 0 Å². The van der Waals surface area contributed by atoms with Crippen molar-refractivity contribution in [1.82, 2.24) is 40.0 Å². The molecule has 0 unspecified atom stereocenters. The van der Waals surface area contributed by atoms with Crippen LogP contribution in [-0.4, -0.2) is 84.9 Å². The second-order valence-electron chi connectivity index (χ2n) is 14.0. The van der Waals surface area contributed by atoms with Crippen LogP contribution in [-0.2, 0) is 14.3 Å². The molecule has 4 aromatic rings. The average molecular weight is 708 g/mol. The molecule has 6 rings (SSSR count). The van der Waals surface area contributed by atoms with Gasteiger partial charge < -0.3 is 35.6 Å². The highest BCUT2D eigenvalue weighted by atomic mass is 16.5. The van der Waals surface area contributed by atoms with Gasteiger partial charge in [-0.25, -0.2) is 19.7 Å². The monoisotopic (exact) mass is 707 g/mol. The molecule has 0 bridgehead atoms. The lowest BCUT2D eigenvalue weighted by molar-refractivity contribution is -0.136. The highest BCUT2D eigenvalue weighted by molar-refractivity contribution is 5.86. The maximum atomic E-state index is 13.7. The standard InChI is InChI=1S/C39H49N9O4/c1-6-23(3)32(40)37(49)47-20-8-10-30(47)35-41-22-29(44-35)26-15-12-25(13-16-26)14-17-27-18-19-28-34(42-27)46-36(43-28)31-11-9-21-48(31)38(50)33(24(4)7-2)45-39(51)52-5/h12-13,15-16,18-19,22-24,30-33H,6-11,20-21,40H2,1-5H3,(H,41,44)(H,45,51)(H,42,43,46)/t23-,24-,30-,31-,32-,33-/m0/s1. The van der Waals surface area contributed by atoms with E-state index in [1.165, 1.54) is 7.11 Å². The molecular formula is C39H49N9O4. The van der Waals surface area contributed by atoms with Gasteiger partial charge in [0.1, 0.15) is 23.4 Å². The Morgan fingerprint density at radius 3 is 2.25 bits per heavy atom. The number of rotatable bonds is 10. The fourth-order valence-corrected chi connectivity index (χ4v) is 7.03. The number of ether oxygens (including phenoxy) is 1. The minimum atomic E-state index is -0.688. The molecule has 2 aliphatic rings. The number of carbonyl (C=O) groups excluding carboxylic acids is 3. The van der Waals surface area contributed by atoms with Crippen molar-refractivity contribution in [3.05, 3.63) is 65.5 Å². The maximum absolute atomic E-state index is 13.7. The van der Waals surface area contributed by atoms with Crippen molar-refractivity contribution < 1.29 is 19.1 Å². The van der Waals surface area contributed by atoms with Crippen LogP contribution < -0.4 is 11.1 Å². The highest BCUT2D eigenvalue weighted by Gasteiger charge is 2.38. The summed E-state index contributed by atoms with van der Waals surface area (Å²) in [7, 11) is 1.29. The number of pyridine rings is 1. The number of hydrogen-bond donors (Lipinski definition) is 4. The van der Waals surface area contributed by atoms with E-state index in [0.717, 1.165) is 66.7 Å². The number of fused-ring (bicyclic) bond motifs is 1. The molecule has 6 atom stereocenters. The predicted octanol–water partition coefficient (Wildman–Crippen LogP) is 5.22. The van der Waals surface area contributed by atoms with E-state index in [0.29, 0.717) is 30.3 Å². The Labute approximate surface area is 304 Å². The summed E-state index contributed by atoms with van der Waals surface area (Å²) in [6.45, 7) is 9.28. The van der Waals surface area contributed by atoms with Gasteiger partial charge in [0, 0.05) is 18.7 Å². The number of amides is 3. The Kier molecular flexibility index (Phi) is 11.2. The molecule has 3 aromatic heterocycles. The van der Waals surface area contributed by atoms with Gasteiger partial charge in [0.15, 0.2) is 5.65 Å². The summed E-state index contributed by atoms with van der Waals surface area (Å²) >= 11 is 0. The van der Waals surface area contributed by atoms with Gasteiger partial charge in [-0.15, -0.1) is 0 Å². The number of nitrogens with two attached hydrogens (primary N) is 1. The van der Waals surface area contributed by atoms with Crippen LogP contribution in [0.25, 0.3) is 22.4 Å². The van der Waals surface area contributed by atoms with Crippen LogP contribution in [0.1, 0.15) is 101 Å². The molecule has 2 saturated heterocycles. The first-order valence-electron chi connectivity index (χ1n) is 18.4. The molecule has 13 heteroatoms. The molecule has 3 amide bonds. The largest absolute Gasteiger partial charge is 0.453 e. The molecule has 2 fully saturated rings. The minimum Gasteiger partial charge on any atom is -0.453 e. The quantitative estimate of drug-likeness (QED) is 0.162. The normalized spacial score (nSPS) is 19.5. The number of aromatic amines is 2. The van der Waals surface area contributed by atoms with Crippen molar-refractivity contribution in [3.63, 3.8) is 0 Å². The Balaban J connectivity index is 1.13. The summed E-state index contributed by atoms with van der Waals surface area (Å²) in [6, 6.07) is 10.1. The molecule has 52 heavy (non-hydrogen) atoms. The maximum Gasteiger partial charge on any atom is 0.407 e. The zero-order valence-electron chi connectivity index (χ0n) is 30.6. The average Bonchev–Trinajstić information content (AvgIpc) is 4.00. The molecule has 1 aromatic carbocycles. The lowest BCUT2D eigenvalue weighted by Crippen LogP contribution is -2.51. The van der Waals surface area contributed by atoms with Gasteiger partial charge in [-0.05, 0) is 73.3 Å². The molecule has 5 heterocycles. The summed E-state index contributed by atoms with van der Waals surface area (Å²) in [6.07, 6.45) is 6.14. The van der Waals surface area contributed by atoms with Crippen molar-refractivity contribution in [2.24, 2.45) is 17.6 Å². The number of alkyl carbamates (subject to hydrolysis) is 1. The summed E-state index contributed by atoms with van der Waals surface area (Å²) in [5.74, 6) is 7.71. The van der Waals surface area contributed by atoms with Gasteiger partial charge in [-0.3, -0.25) is 9.59 Å². The van der Waals surface area contributed by atoms with E-state index >= 15 is 0 Å². The topological polar surface area (TPSA) is 175 Å². The first-order valence-corrected chi connectivity index (χ1v) is 18.4. The Morgan fingerprint density at radius 1 is 0.904 bits per heavy atom. The van der Waals surface area contributed by atoms with Crippen LogP contribution in [0.2, 0.25) is 0 Å². The van der Waals surface area contributed by atoms with Crippen molar-refractivity contribution in [2.45, 2.75) is 90.4 Å². The number of H-pyrrole nitrogens is 2. The van der Waals surface area contributed by atoms with Gasteiger partial charge >= 0.3 is 6.09 Å². The predicted molar refractivity (Wildman–Crippen MR) is 197 cm³/mol. The third kappa shape index (κ3) is 7.67. The van der Waals surface area contributed by atoms with E-state index < -0.39 is 18.2 Å². The number of imidazole rings is 2. The minimum absolute atomic E-state index is 0.00641. The van der Waals surface area contributed by atoms with Gasteiger partial charge in [0.25, 0.3) is 0 Å². The molecule has 0 aliphatic carbocycles. The number of hydrogen-bond acceptors (Lipinski definition) is 8. The molecule has 274 valence electrons. The number of benzene rings is 1. The van der Waals surface area contributed by atoms with Gasteiger partial charge in [0.05, 0.1) is 42.6 Å². The van der Waals surface area contributed by atoms with Crippen LogP contribution in [0.3, 0.4) is 0 Å². The van der Waals surface area contributed by atoms with Crippen LogP contribution in [0.5, 0.6) is 0 Å². The SMILES string of the molecule is CC[C@H](C)[C@H](N)C(=O)N1CCC[C@H]1c1ncc(-c2ccc(C#Cc3ccc4[nH]c([C@@H]5CCCN5C(=O)[C@@H](NC(=O)OC)[C@@H](C)CC)nc4n3)cc2)[nH]1. The third-order valence-electron chi connectivity index (χ3n) is 10.7. The number of aromatic nitrogens is 5. The van der Waals surface area contributed by atoms with E-state index in [1.807, 2.05) is 68.3 Å². The summed E-state index contributed by atoms with van der Waals surface area (Å²) in [5.41, 5.74) is 10.8. The first kappa shape index (κ1) is 36.6. The van der Waals surface area contributed by atoms with E-state index in [1.54, 1.807) is 4.90 Å². The second kappa shape index (κ2) is 16.0. The highest BCUT2D eigenvalue weighted by Crippen LogP contribution is 2.34. The molecule has 5 N–H and O–H groups in total. The lowest BCUT2D eigenvalue weighted by atomic mass is 9.97. The summed E-state index contributed by atoms with van der Waals surface area (Å²) in [4.78, 5) is 63.4. The molecule has 13 nitrogen and oxygen atoms in total. The van der Waals surface area contributed by atoms with Crippen molar-refractivity contribution in [3.8, 4) is 23.1 Å². The molecule has 0 saturated carbocycles. The van der Waals surface area contributed by atoms with Crippen molar-refractivity contribution >= 4 is 29.1 Å². The third-order valence-corrected chi connectivity index (χ3v) is 10.7. The van der Waals surface area contributed by atoms with Crippen LogP contribution >= 0.6 is 0 Å². The molecule has 2 aliphatic heterocycles. The molecular weight excluding hydrogens is 658 g/mol. The zero-order valence-corrected chi connectivity index (χ0v) is 30.6. The smallest absolute Gasteiger partial charge is 0.407 e. The number of nitrogens with zero attached hydrogens (tertiary/aromatic N) is 5. The Morgan fingerprint density at radius 2 is 1.58 bits per heavy atom. The van der Waals surface area contributed by atoms with Crippen LogP contribution in [0.15, 0.2) is 42.6 Å². The fourth-order valence-electron chi connectivity index (χ4n) is 7.03. The zero-order chi connectivity index (χ0) is 36.9. The van der Waals surface area contributed by atoms with Crippen LogP contribution in [0, 0.1) is 23.7 Å². The number of nitrogens with one attached hydrogen (secondary N) is 3. The van der Waals surface area contributed by atoms with Crippen LogP contribution in [0.4, 0.5) is 4.79 Å². The number of carbonyl (C=O) groups is 3. The first-order chi connectivity index (χ1) is 25.1. The Bertz CT molecular complexity index is 1960. The number of likely N-dealkylation sites (tertiary alicyclic amines) is 2. The van der Waals surface area contributed by atoms with Gasteiger partial charge in [-0.2, -0.15) is 0 Å². The lowest BCUT2D eigenvalue weighted by Gasteiger charge is -2.30. The molecule has 0 spiro atoms. The second-order valence-corrected chi connectivity index (χ2v) is 14.0. The van der Waals surface area contributed by atoms with Crippen molar-refractivity contribution in [2.75, 3.05) is 20.2 Å². The molecule has 0 radical (unpaired) electrons. The fraction of sp³-hybridized carbons (Fsp3) is 0.487. The van der Waals surface area contributed by atoms with E-state index in [9.17, 15) is 14.4 Å². The summed E-state index contributed by atoms with van der Waals surface area (Å²) < 4.78 is 4.79. The Hall–Kier alpha value is -5.22. The van der Waals surface area contributed by atoms with Gasteiger partial charge in [0.2, 0.25) is 11.8 Å². The van der Waals surface area contributed by atoms with E-state index in [4.69, 9.17) is 15.5 Å². The van der Waals surface area contributed by atoms with Gasteiger partial charge in [-0.1, -0.05) is 58.6 Å². The number of methoxy groups -OCH3 is 1. The summed E-state index contributed by atoms with van der Waals surface area (Å²) in [5, 5.41) is 2.73. The van der Waals surface area contributed by atoms with E-state index in [2.05, 4.69) is 44.0 Å². The van der Waals surface area contributed by atoms with E-state index in [-0.39, 0.29) is 35.7 Å².